The molecule has 0 unspecified atom stereocenters. The lowest BCUT2D eigenvalue weighted by Gasteiger charge is -2.40. The third-order valence-electron chi connectivity index (χ3n) is 4.29. The number of piperazine rings is 1. The van der Waals surface area contributed by atoms with Crippen LogP contribution in [0.1, 0.15) is 26.7 Å². The lowest BCUT2D eigenvalue weighted by atomic mass is 9.79. The lowest BCUT2D eigenvalue weighted by molar-refractivity contribution is -0.140. The molecule has 1 heterocycles. The Kier molecular flexibility index (Phi) is 6.22. The van der Waals surface area contributed by atoms with Gasteiger partial charge in [-0.25, -0.2) is 0 Å². The minimum atomic E-state index is -0.909. The van der Waals surface area contributed by atoms with E-state index in [2.05, 4.69) is 10.1 Å². The predicted molar refractivity (Wildman–Crippen MR) is 76.5 cm³/mol. The second-order valence-electron chi connectivity index (χ2n) is 5.13. The largest absolute Gasteiger partial charge is 0.409 e. The summed E-state index contributed by atoms with van der Waals surface area (Å²) in [4.78, 5) is 16.6. The Morgan fingerprint density at radius 2 is 1.80 bits per heavy atom. The fourth-order valence-corrected chi connectivity index (χ4v) is 2.74. The smallest absolute Gasteiger partial charge is 0.236 e. The van der Waals surface area contributed by atoms with Crippen LogP contribution in [0.5, 0.6) is 0 Å². The summed E-state index contributed by atoms with van der Waals surface area (Å²) in [5.74, 6) is -0.0771. The Balaban J connectivity index is 2.78. The highest BCUT2D eigenvalue weighted by Gasteiger charge is 2.43. The molecule has 116 valence electrons. The van der Waals surface area contributed by atoms with Crippen LogP contribution < -0.4 is 5.73 Å². The number of hydrogen-bond acceptors (Lipinski definition) is 5. The van der Waals surface area contributed by atoms with Crippen molar-refractivity contribution >= 4 is 11.7 Å². The molecule has 4 N–H and O–H groups in total. The minimum absolute atomic E-state index is 0.00899. The maximum Gasteiger partial charge on any atom is 0.236 e. The SMILES string of the molecule is CCC(CC)(C(=O)N1CCN(CCO)CC1)C(N)=NO. The van der Waals surface area contributed by atoms with Crippen molar-refractivity contribution in [3.8, 4) is 0 Å². The fraction of sp³-hybridized carbons (Fsp3) is 0.846. The molecule has 1 rings (SSSR count). The number of amidine groups is 1. The van der Waals surface area contributed by atoms with E-state index in [4.69, 9.17) is 16.0 Å². The number of aliphatic hydroxyl groups excluding tert-OH is 1. The highest BCUT2D eigenvalue weighted by molar-refractivity contribution is 6.06. The van der Waals surface area contributed by atoms with Gasteiger partial charge < -0.3 is 20.9 Å². The zero-order valence-electron chi connectivity index (χ0n) is 12.4. The molecular formula is C13H26N4O3. The first-order chi connectivity index (χ1) is 9.55. The summed E-state index contributed by atoms with van der Waals surface area (Å²) in [7, 11) is 0. The van der Waals surface area contributed by atoms with Gasteiger partial charge in [0.2, 0.25) is 5.91 Å². The number of aliphatic hydroxyl groups is 1. The number of oxime groups is 1. The van der Waals surface area contributed by atoms with E-state index in [1.165, 1.54) is 0 Å². The average Bonchev–Trinajstić information content (AvgIpc) is 2.49. The normalized spacial score (nSPS) is 18.4. The van der Waals surface area contributed by atoms with Crippen LogP contribution in [-0.2, 0) is 4.79 Å². The quantitative estimate of drug-likeness (QED) is 0.269. The lowest BCUT2D eigenvalue weighted by Crippen LogP contribution is -2.56. The highest BCUT2D eigenvalue weighted by atomic mass is 16.4. The number of carbonyl (C=O) groups is 1. The van der Waals surface area contributed by atoms with Crippen LogP contribution in [-0.4, -0.2) is 71.2 Å². The van der Waals surface area contributed by atoms with Gasteiger partial charge >= 0.3 is 0 Å². The van der Waals surface area contributed by atoms with Gasteiger partial charge in [-0.15, -0.1) is 0 Å². The van der Waals surface area contributed by atoms with E-state index in [9.17, 15) is 4.79 Å². The van der Waals surface area contributed by atoms with Gasteiger partial charge in [0.05, 0.1) is 6.61 Å². The van der Waals surface area contributed by atoms with Gasteiger partial charge in [-0.1, -0.05) is 19.0 Å². The van der Waals surface area contributed by atoms with Crippen LogP contribution in [0.2, 0.25) is 0 Å². The molecule has 1 aliphatic heterocycles. The van der Waals surface area contributed by atoms with Gasteiger partial charge in [0, 0.05) is 32.7 Å². The summed E-state index contributed by atoms with van der Waals surface area (Å²) in [6, 6.07) is 0. The van der Waals surface area contributed by atoms with Crippen molar-refractivity contribution in [2.45, 2.75) is 26.7 Å². The minimum Gasteiger partial charge on any atom is -0.409 e. The molecule has 1 aliphatic rings. The van der Waals surface area contributed by atoms with Crippen molar-refractivity contribution in [1.82, 2.24) is 9.80 Å². The molecule has 0 saturated carbocycles. The van der Waals surface area contributed by atoms with Crippen molar-refractivity contribution < 1.29 is 15.1 Å². The van der Waals surface area contributed by atoms with Crippen LogP contribution in [0.25, 0.3) is 0 Å². The number of nitrogens with zero attached hydrogens (tertiary/aromatic N) is 3. The Morgan fingerprint density at radius 3 is 2.20 bits per heavy atom. The van der Waals surface area contributed by atoms with Crippen LogP contribution in [0, 0.1) is 5.41 Å². The van der Waals surface area contributed by atoms with Gasteiger partial charge in [0.25, 0.3) is 0 Å². The molecule has 1 fully saturated rings. The van der Waals surface area contributed by atoms with Crippen molar-refractivity contribution in [3.63, 3.8) is 0 Å². The molecule has 1 amide bonds. The zero-order valence-corrected chi connectivity index (χ0v) is 12.4. The van der Waals surface area contributed by atoms with Crippen LogP contribution in [0.4, 0.5) is 0 Å². The summed E-state index contributed by atoms with van der Waals surface area (Å²) in [5.41, 5.74) is 4.86. The van der Waals surface area contributed by atoms with E-state index in [0.717, 1.165) is 13.1 Å². The van der Waals surface area contributed by atoms with Gasteiger partial charge in [-0.05, 0) is 12.8 Å². The Hall–Kier alpha value is -1.34. The van der Waals surface area contributed by atoms with Gasteiger partial charge in [0.15, 0.2) is 5.84 Å². The summed E-state index contributed by atoms with van der Waals surface area (Å²) < 4.78 is 0. The number of β-amino-alcohol motifs (C(OH)–C–C–N with tert-alkyl or cyclic N) is 1. The van der Waals surface area contributed by atoms with Gasteiger partial charge in [-0.3, -0.25) is 9.69 Å². The van der Waals surface area contributed by atoms with E-state index in [1.807, 2.05) is 13.8 Å². The van der Waals surface area contributed by atoms with Crippen LogP contribution >= 0.6 is 0 Å². The third kappa shape index (κ3) is 3.21. The molecule has 0 radical (unpaired) electrons. The molecule has 0 aromatic rings. The number of carbonyl (C=O) groups excluding carboxylic acids is 1. The van der Waals surface area contributed by atoms with Crippen molar-refractivity contribution in [2.24, 2.45) is 16.3 Å². The molecule has 0 atom stereocenters. The number of amides is 1. The Labute approximate surface area is 120 Å². The third-order valence-corrected chi connectivity index (χ3v) is 4.29. The van der Waals surface area contributed by atoms with Crippen LogP contribution in [0.15, 0.2) is 5.16 Å². The monoisotopic (exact) mass is 286 g/mol. The van der Waals surface area contributed by atoms with E-state index in [0.29, 0.717) is 32.5 Å². The molecule has 0 aromatic heterocycles. The molecule has 20 heavy (non-hydrogen) atoms. The highest BCUT2D eigenvalue weighted by Crippen LogP contribution is 2.30. The maximum absolute atomic E-state index is 12.7. The summed E-state index contributed by atoms with van der Waals surface area (Å²) in [5, 5.41) is 20.9. The molecule has 7 heteroatoms. The van der Waals surface area contributed by atoms with Gasteiger partial charge in [0.1, 0.15) is 5.41 Å². The molecular weight excluding hydrogens is 260 g/mol. The summed E-state index contributed by atoms with van der Waals surface area (Å²) in [6.45, 7) is 7.22. The summed E-state index contributed by atoms with van der Waals surface area (Å²) >= 11 is 0. The van der Waals surface area contributed by atoms with Crippen LogP contribution in [0.3, 0.4) is 0 Å². The van der Waals surface area contributed by atoms with Crippen molar-refractivity contribution in [1.29, 1.82) is 0 Å². The van der Waals surface area contributed by atoms with Crippen molar-refractivity contribution in [2.75, 3.05) is 39.3 Å². The first-order valence-corrected chi connectivity index (χ1v) is 7.16. The molecule has 7 nitrogen and oxygen atoms in total. The number of rotatable bonds is 6. The second kappa shape index (κ2) is 7.44. The van der Waals surface area contributed by atoms with E-state index < -0.39 is 5.41 Å². The molecule has 0 aromatic carbocycles. The van der Waals surface area contributed by atoms with E-state index in [-0.39, 0.29) is 18.3 Å². The molecule has 0 aliphatic carbocycles. The molecule has 1 saturated heterocycles. The van der Waals surface area contributed by atoms with E-state index in [1.54, 1.807) is 4.90 Å². The zero-order chi connectivity index (χ0) is 15.2. The fourth-order valence-electron chi connectivity index (χ4n) is 2.74. The topological polar surface area (TPSA) is 102 Å². The number of nitrogens with two attached hydrogens (primary N) is 1. The molecule has 0 spiro atoms. The Morgan fingerprint density at radius 1 is 1.25 bits per heavy atom. The van der Waals surface area contributed by atoms with Gasteiger partial charge in [-0.2, -0.15) is 0 Å². The second-order valence-corrected chi connectivity index (χ2v) is 5.13. The summed E-state index contributed by atoms with van der Waals surface area (Å²) in [6.07, 6.45) is 1.02. The first kappa shape index (κ1) is 16.7. The Bertz CT molecular complexity index is 348. The van der Waals surface area contributed by atoms with E-state index >= 15 is 0 Å². The average molecular weight is 286 g/mol. The first-order valence-electron chi connectivity index (χ1n) is 7.16. The van der Waals surface area contributed by atoms with Crippen molar-refractivity contribution in [3.05, 3.63) is 0 Å². The number of hydrogen-bond donors (Lipinski definition) is 3. The maximum atomic E-state index is 12.7. The predicted octanol–water partition coefficient (Wildman–Crippen LogP) is -0.324. The molecule has 0 bridgehead atoms. The standard InChI is InChI=1S/C13H26N4O3/c1-3-13(4-2,11(14)15-20)12(19)17-7-5-16(6-8-17)9-10-18/h18,20H,3-10H2,1-2H3,(H2,14,15).